The Labute approximate surface area is 223 Å². The monoisotopic (exact) mass is 557 g/mol. The van der Waals surface area contributed by atoms with Crippen molar-refractivity contribution in [2.75, 3.05) is 6.61 Å². The molecule has 0 saturated carbocycles. The molecule has 0 radical (unpaired) electrons. The van der Waals surface area contributed by atoms with E-state index in [-0.39, 0.29) is 43.6 Å². The standard InChI is InChI=1S/C27H21Cl2NO6S/c1-3-36-27(33)25-21(15-20(26(31)32)17-7-5-4-6-8-17)24-22(29)13-18(28)14-23(24)30(25)37(34,35)19-11-9-16(2)10-12-19/h4-15H,3H2,1-2H3,(H,31,32)/b20-15+. The van der Waals surface area contributed by atoms with Crippen LogP contribution in [0.5, 0.6) is 0 Å². The number of rotatable bonds is 7. The van der Waals surface area contributed by atoms with Gasteiger partial charge in [-0.25, -0.2) is 22.0 Å². The molecule has 3 aromatic carbocycles. The van der Waals surface area contributed by atoms with Crippen LogP contribution in [0.15, 0.2) is 71.6 Å². The van der Waals surface area contributed by atoms with Gasteiger partial charge in [0, 0.05) is 16.0 Å². The zero-order chi connectivity index (χ0) is 26.9. The average molecular weight is 558 g/mol. The SMILES string of the molecule is CCOC(=O)c1c(/C=C(/C(=O)O)c2ccccc2)c2c(Cl)cc(Cl)cc2n1S(=O)(=O)c1ccc(C)cc1. The van der Waals surface area contributed by atoms with Crippen LogP contribution in [0.2, 0.25) is 10.0 Å². The average Bonchev–Trinajstić information content (AvgIpc) is 3.18. The van der Waals surface area contributed by atoms with Gasteiger partial charge in [0.05, 0.1) is 27.6 Å². The highest BCUT2D eigenvalue weighted by atomic mass is 35.5. The van der Waals surface area contributed by atoms with Crippen LogP contribution in [0, 0.1) is 6.92 Å². The first-order valence-electron chi connectivity index (χ1n) is 11.1. The highest BCUT2D eigenvalue weighted by Crippen LogP contribution is 2.39. The zero-order valence-electron chi connectivity index (χ0n) is 19.7. The molecular weight excluding hydrogens is 537 g/mol. The van der Waals surface area contributed by atoms with Gasteiger partial charge < -0.3 is 9.84 Å². The molecule has 0 spiro atoms. The Balaban J connectivity index is 2.19. The van der Waals surface area contributed by atoms with E-state index in [2.05, 4.69) is 0 Å². The second-order valence-electron chi connectivity index (χ2n) is 8.08. The lowest BCUT2D eigenvalue weighted by Gasteiger charge is -2.12. The summed E-state index contributed by atoms with van der Waals surface area (Å²) < 4.78 is 33.9. The van der Waals surface area contributed by atoms with E-state index < -0.39 is 27.7 Å². The fraction of sp³-hybridized carbons (Fsp3) is 0.111. The van der Waals surface area contributed by atoms with Crippen LogP contribution in [-0.4, -0.2) is 36.0 Å². The summed E-state index contributed by atoms with van der Waals surface area (Å²) in [5, 5.41) is 10.3. The van der Waals surface area contributed by atoms with E-state index in [0.717, 1.165) is 9.54 Å². The van der Waals surface area contributed by atoms with Crippen molar-refractivity contribution in [2.24, 2.45) is 0 Å². The highest BCUT2D eigenvalue weighted by molar-refractivity contribution is 7.90. The smallest absolute Gasteiger partial charge is 0.356 e. The first kappa shape index (κ1) is 26.5. The number of hydrogen-bond acceptors (Lipinski definition) is 5. The fourth-order valence-corrected chi connectivity index (χ4v) is 6.06. The molecule has 4 rings (SSSR count). The van der Waals surface area contributed by atoms with Crippen LogP contribution in [0.1, 0.15) is 34.1 Å². The molecule has 1 N–H and O–H groups in total. The quantitative estimate of drug-likeness (QED) is 0.211. The molecule has 1 aromatic heterocycles. The molecule has 4 aromatic rings. The molecule has 37 heavy (non-hydrogen) atoms. The summed E-state index contributed by atoms with van der Waals surface area (Å²) in [5.41, 5.74) is 0.597. The number of fused-ring (bicyclic) bond motifs is 1. The molecule has 7 nitrogen and oxygen atoms in total. The highest BCUT2D eigenvalue weighted by Gasteiger charge is 2.33. The number of hydrogen-bond donors (Lipinski definition) is 1. The Morgan fingerprint density at radius 1 is 1.03 bits per heavy atom. The molecule has 0 amide bonds. The van der Waals surface area contributed by atoms with Crippen LogP contribution < -0.4 is 0 Å². The molecule has 0 aliphatic heterocycles. The largest absolute Gasteiger partial charge is 0.478 e. The fourth-order valence-electron chi connectivity index (χ4n) is 3.96. The molecule has 0 aliphatic carbocycles. The number of aromatic nitrogens is 1. The van der Waals surface area contributed by atoms with Gasteiger partial charge in [-0.05, 0) is 49.8 Å². The number of ether oxygens (including phenoxy) is 1. The lowest BCUT2D eigenvalue weighted by molar-refractivity contribution is -0.130. The predicted octanol–water partition coefficient (Wildman–Crippen LogP) is 6.30. The summed E-state index contributed by atoms with van der Waals surface area (Å²) in [6.07, 6.45) is 1.23. The number of nitrogens with zero attached hydrogens (tertiary/aromatic N) is 1. The number of halogens is 2. The van der Waals surface area contributed by atoms with Crippen LogP contribution in [0.25, 0.3) is 22.6 Å². The maximum atomic E-state index is 13.9. The lowest BCUT2D eigenvalue weighted by Crippen LogP contribution is -2.20. The van der Waals surface area contributed by atoms with E-state index >= 15 is 0 Å². The minimum Gasteiger partial charge on any atom is -0.478 e. The Bertz CT molecular complexity index is 1660. The second kappa shape index (κ2) is 10.4. The molecule has 0 fully saturated rings. The Hall–Kier alpha value is -3.59. The lowest BCUT2D eigenvalue weighted by atomic mass is 10.0. The molecule has 0 aliphatic rings. The minimum atomic E-state index is -4.39. The number of carboxylic acid groups (broad SMARTS) is 1. The third-order valence-electron chi connectivity index (χ3n) is 5.61. The molecule has 0 bridgehead atoms. The van der Waals surface area contributed by atoms with Gasteiger partial charge in [-0.2, -0.15) is 0 Å². The van der Waals surface area contributed by atoms with Crippen LogP contribution in [0.4, 0.5) is 0 Å². The van der Waals surface area contributed by atoms with Gasteiger partial charge in [0.15, 0.2) is 5.69 Å². The maximum Gasteiger partial charge on any atom is 0.356 e. The molecule has 190 valence electrons. The summed E-state index contributed by atoms with van der Waals surface area (Å²) in [6, 6.07) is 17.1. The van der Waals surface area contributed by atoms with Crippen molar-refractivity contribution < 1.29 is 27.9 Å². The maximum absolute atomic E-state index is 13.9. The third kappa shape index (κ3) is 5.00. The molecule has 0 saturated heterocycles. The van der Waals surface area contributed by atoms with Gasteiger partial charge in [0.25, 0.3) is 10.0 Å². The number of benzene rings is 3. The van der Waals surface area contributed by atoms with Crippen molar-refractivity contribution in [1.82, 2.24) is 3.97 Å². The number of aliphatic carboxylic acids is 1. The number of aryl methyl sites for hydroxylation is 1. The van der Waals surface area contributed by atoms with Gasteiger partial charge in [-0.15, -0.1) is 0 Å². The number of carboxylic acids is 1. The van der Waals surface area contributed by atoms with Crippen molar-refractivity contribution in [1.29, 1.82) is 0 Å². The summed E-state index contributed by atoms with van der Waals surface area (Å²) in [7, 11) is -4.39. The van der Waals surface area contributed by atoms with E-state index in [1.807, 2.05) is 6.92 Å². The molecule has 0 atom stereocenters. The summed E-state index contributed by atoms with van der Waals surface area (Å²) in [5.74, 6) is -2.25. The first-order chi connectivity index (χ1) is 17.6. The van der Waals surface area contributed by atoms with Crippen LogP contribution in [-0.2, 0) is 19.6 Å². The topological polar surface area (TPSA) is 103 Å². The Morgan fingerprint density at radius 2 is 1.68 bits per heavy atom. The third-order valence-corrected chi connectivity index (χ3v) is 7.86. The van der Waals surface area contributed by atoms with E-state index in [9.17, 15) is 23.1 Å². The van der Waals surface area contributed by atoms with Gasteiger partial charge in [0.1, 0.15) is 0 Å². The predicted molar refractivity (Wildman–Crippen MR) is 144 cm³/mol. The summed E-state index contributed by atoms with van der Waals surface area (Å²) >= 11 is 12.8. The van der Waals surface area contributed by atoms with Crippen molar-refractivity contribution in [3.8, 4) is 0 Å². The molecular formula is C27H21Cl2NO6S. The van der Waals surface area contributed by atoms with Crippen molar-refractivity contribution in [2.45, 2.75) is 18.7 Å². The van der Waals surface area contributed by atoms with E-state index in [1.165, 1.54) is 30.3 Å². The number of carbonyl (C=O) groups is 2. The van der Waals surface area contributed by atoms with Crippen LogP contribution in [0.3, 0.4) is 0 Å². The number of esters is 1. The van der Waals surface area contributed by atoms with Crippen molar-refractivity contribution in [3.63, 3.8) is 0 Å². The molecule has 0 unspecified atom stereocenters. The zero-order valence-corrected chi connectivity index (χ0v) is 22.1. The molecule has 10 heteroatoms. The Morgan fingerprint density at radius 3 is 2.27 bits per heavy atom. The second-order valence-corrected chi connectivity index (χ2v) is 10.7. The van der Waals surface area contributed by atoms with Gasteiger partial charge >= 0.3 is 11.9 Å². The van der Waals surface area contributed by atoms with Gasteiger partial charge in [-0.1, -0.05) is 71.2 Å². The Kier molecular flexibility index (Phi) is 7.45. The van der Waals surface area contributed by atoms with E-state index in [4.69, 9.17) is 27.9 Å². The number of carbonyl (C=O) groups excluding carboxylic acids is 1. The summed E-state index contributed by atoms with van der Waals surface area (Å²) in [4.78, 5) is 25.5. The first-order valence-corrected chi connectivity index (χ1v) is 13.3. The van der Waals surface area contributed by atoms with Gasteiger partial charge in [0.2, 0.25) is 0 Å². The molecule has 1 heterocycles. The normalized spacial score (nSPS) is 12.1. The van der Waals surface area contributed by atoms with Gasteiger partial charge in [-0.3, -0.25) is 0 Å². The minimum absolute atomic E-state index is 0.00479. The van der Waals surface area contributed by atoms with Crippen LogP contribution >= 0.6 is 23.2 Å². The van der Waals surface area contributed by atoms with Crippen molar-refractivity contribution >= 4 is 67.7 Å². The van der Waals surface area contributed by atoms with Crippen molar-refractivity contribution in [3.05, 3.63) is 99.2 Å². The summed E-state index contributed by atoms with van der Waals surface area (Å²) in [6.45, 7) is 3.34. The van der Waals surface area contributed by atoms with E-state index in [0.29, 0.717) is 5.56 Å². The van der Waals surface area contributed by atoms with E-state index in [1.54, 1.807) is 49.4 Å².